The molecular formula is C13H28IN3O4S. The molecule has 0 amide bonds. The lowest BCUT2D eigenvalue weighted by Gasteiger charge is -2.13. The molecule has 1 saturated heterocycles. The lowest BCUT2D eigenvalue weighted by Crippen LogP contribution is -2.39. The molecule has 1 rings (SSSR count). The van der Waals surface area contributed by atoms with Crippen LogP contribution in [0.5, 0.6) is 0 Å². The van der Waals surface area contributed by atoms with Crippen molar-refractivity contribution in [3.05, 3.63) is 0 Å². The van der Waals surface area contributed by atoms with Gasteiger partial charge in [0.15, 0.2) is 5.96 Å². The van der Waals surface area contributed by atoms with Crippen LogP contribution in [0.4, 0.5) is 0 Å². The Balaban J connectivity index is 0.00000441. The number of sulfone groups is 1. The van der Waals surface area contributed by atoms with E-state index in [9.17, 15) is 8.42 Å². The van der Waals surface area contributed by atoms with E-state index in [1.54, 1.807) is 7.05 Å². The molecule has 0 aromatic heterocycles. The molecule has 0 aromatic carbocycles. The maximum atomic E-state index is 11.0. The maximum Gasteiger partial charge on any atom is 0.190 e. The summed E-state index contributed by atoms with van der Waals surface area (Å²) in [4.78, 5) is 4.08. The molecule has 9 heteroatoms. The third-order valence-corrected chi connectivity index (χ3v) is 4.09. The number of aliphatic imine (C=N–C) groups is 1. The fourth-order valence-electron chi connectivity index (χ4n) is 1.94. The predicted molar refractivity (Wildman–Crippen MR) is 98.9 cm³/mol. The van der Waals surface area contributed by atoms with Crippen LogP contribution in [-0.4, -0.2) is 72.4 Å². The summed E-state index contributed by atoms with van der Waals surface area (Å²) in [6.45, 7) is 3.55. The highest BCUT2D eigenvalue weighted by Gasteiger charge is 2.15. The highest BCUT2D eigenvalue weighted by atomic mass is 127. The van der Waals surface area contributed by atoms with Crippen molar-refractivity contribution in [1.82, 2.24) is 10.6 Å². The molecule has 132 valence electrons. The lowest BCUT2D eigenvalue weighted by molar-refractivity contribution is 0.0420. The predicted octanol–water partition coefficient (Wildman–Crippen LogP) is 0.400. The number of nitrogens with zero attached hydrogens (tertiary/aromatic N) is 1. The molecular weight excluding hydrogens is 421 g/mol. The van der Waals surface area contributed by atoms with Crippen LogP contribution in [0.3, 0.4) is 0 Å². The summed E-state index contributed by atoms with van der Waals surface area (Å²) < 4.78 is 32.9. The molecule has 0 saturated carbocycles. The minimum atomic E-state index is -2.89. The van der Waals surface area contributed by atoms with Gasteiger partial charge in [0.05, 0.1) is 18.5 Å². The molecule has 1 fully saturated rings. The number of ether oxygens (including phenoxy) is 2. The summed E-state index contributed by atoms with van der Waals surface area (Å²) in [5, 5.41) is 6.26. The Morgan fingerprint density at radius 1 is 1.32 bits per heavy atom. The van der Waals surface area contributed by atoms with Crippen molar-refractivity contribution in [3.63, 3.8) is 0 Å². The number of guanidine groups is 1. The summed E-state index contributed by atoms with van der Waals surface area (Å²) in [6.07, 6.45) is 3.94. The Kier molecular flexibility index (Phi) is 12.2. The van der Waals surface area contributed by atoms with Gasteiger partial charge in [0.2, 0.25) is 0 Å². The molecule has 1 atom stereocenters. The van der Waals surface area contributed by atoms with Crippen molar-refractivity contribution in [1.29, 1.82) is 0 Å². The summed E-state index contributed by atoms with van der Waals surface area (Å²) in [6, 6.07) is 0. The van der Waals surface area contributed by atoms with Crippen molar-refractivity contribution in [2.24, 2.45) is 4.99 Å². The molecule has 0 radical (unpaired) electrons. The SMILES string of the molecule is CN=C(NCCCOC1CCOC1)NCCCS(C)(=O)=O.I. The van der Waals surface area contributed by atoms with Gasteiger partial charge in [0.25, 0.3) is 0 Å². The van der Waals surface area contributed by atoms with Crippen LogP contribution in [-0.2, 0) is 19.3 Å². The van der Waals surface area contributed by atoms with Crippen molar-refractivity contribution in [3.8, 4) is 0 Å². The highest BCUT2D eigenvalue weighted by molar-refractivity contribution is 14.0. The van der Waals surface area contributed by atoms with E-state index in [-0.39, 0.29) is 35.8 Å². The molecule has 0 aliphatic carbocycles. The average Bonchev–Trinajstić information content (AvgIpc) is 2.92. The first-order valence-corrected chi connectivity index (χ1v) is 9.39. The zero-order valence-electron chi connectivity index (χ0n) is 13.3. The summed E-state index contributed by atoms with van der Waals surface area (Å²) >= 11 is 0. The monoisotopic (exact) mass is 449 g/mol. The summed E-state index contributed by atoms with van der Waals surface area (Å²) in [5.74, 6) is 0.876. The highest BCUT2D eigenvalue weighted by Crippen LogP contribution is 2.07. The van der Waals surface area contributed by atoms with E-state index in [0.717, 1.165) is 26.0 Å². The Morgan fingerprint density at radius 3 is 2.55 bits per heavy atom. The molecule has 22 heavy (non-hydrogen) atoms. The third kappa shape index (κ3) is 11.4. The summed E-state index contributed by atoms with van der Waals surface area (Å²) in [7, 11) is -1.20. The standard InChI is InChI=1S/C13H27N3O4S.HI/c1-14-13(16-7-4-10-21(2,17)18)15-6-3-8-20-12-5-9-19-11-12;/h12H,3-11H2,1-2H3,(H2,14,15,16);1H. The zero-order valence-corrected chi connectivity index (χ0v) is 16.5. The normalized spacial score (nSPS) is 18.8. The van der Waals surface area contributed by atoms with Crippen molar-refractivity contribution in [2.45, 2.75) is 25.4 Å². The van der Waals surface area contributed by atoms with Gasteiger partial charge in [-0.2, -0.15) is 0 Å². The topological polar surface area (TPSA) is 89.0 Å². The fourth-order valence-corrected chi connectivity index (χ4v) is 2.60. The van der Waals surface area contributed by atoms with Gasteiger partial charge >= 0.3 is 0 Å². The van der Waals surface area contributed by atoms with Crippen molar-refractivity contribution < 1.29 is 17.9 Å². The second-order valence-electron chi connectivity index (χ2n) is 5.12. The smallest absolute Gasteiger partial charge is 0.190 e. The van der Waals surface area contributed by atoms with Crippen LogP contribution < -0.4 is 10.6 Å². The average molecular weight is 449 g/mol. The van der Waals surface area contributed by atoms with E-state index in [2.05, 4.69) is 15.6 Å². The van der Waals surface area contributed by atoms with Gasteiger partial charge in [-0.3, -0.25) is 4.99 Å². The first-order valence-electron chi connectivity index (χ1n) is 7.33. The molecule has 1 unspecified atom stereocenters. The molecule has 0 aromatic rings. The van der Waals surface area contributed by atoms with E-state index in [1.165, 1.54) is 6.26 Å². The van der Waals surface area contributed by atoms with E-state index in [0.29, 0.717) is 32.1 Å². The number of rotatable bonds is 9. The number of halogens is 1. The van der Waals surface area contributed by atoms with Gasteiger partial charge in [-0.1, -0.05) is 0 Å². The second kappa shape index (κ2) is 12.3. The lowest BCUT2D eigenvalue weighted by atomic mass is 10.3. The van der Waals surface area contributed by atoms with Crippen LogP contribution in [0.15, 0.2) is 4.99 Å². The van der Waals surface area contributed by atoms with Crippen LogP contribution in [0.1, 0.15) is 19.3 Å². The van der Waals surface area contributed by atoms with Gasteiger partial charge < -0.3 is 20.1 Å². The summed E-state index contributed by atoms with van der Waals surface area (Å²) in [5.41, 5.74) is 0. The van der Waals surface area contributed by atoms with Gasteiger partial charge in [-0.25, -0.2) is 8.42 Å². The van der Waals surface area contributed by atoms with E-state index < -0.39 is 9.84 Å². The van der Waals surface area contributed by atoms with Crippen molar-refractivity contribution in [2.75, 3.05) is 52.0 Å². The number of hydrogen-bond donors (Lipinski definition) is 2. The molecule has 0 bridgehead atoms. The third-order valence-electron chi connectivity index (χ3n) is 3.06. The molecule has 7 nitrogen and oxygen atoms in total. The van der Waals surface area contributed by atoms with Gasteiger partial charge in [0, 0.05) is 39.6 Å². The van der Waals surface area contributed by atoms with E-state index >= 15 is 0 Å². The second-order valence-corrected chi connectivity index (χ2v) is 7.38. The van der Waals surface area contributed by atoms with Gasteiger partial charge in [0.1, 0.15) is 9.84 Å². The van der Waals surface area contributed by atoms with E-state index in [1.807, 2.05) is 0 Å². The van der Waals surface area contributed by atoms with Crippen LogP contribution in [0.25, 0.3) is 0 Å². The maximum absolute atomic E-state index is 11.0. The molecule has 1 heterocycles. The Labute approximate surface area is 150 Å². The Hall–Kier alpha value is -0.130. The molecule has 1 aliphatic rings. The number of hydrogen-bond acceptors (Lipinski definition) is 5. The fraction of sp³-hybridized carbons (Fsp3) is 0.923. The van der Waals surface area contributed by atoms with Crippen LogP contribution in [0, 0.1) is 0 Å². The first-order chi connectivity index (χ1) is 10.0. The van der Waals surface area contributed by atoms with Crippen molar-refractivity contribution >= 4 is 39.8 Å². The molecule has 2 N–H and O–H groups in total. The van der Waals surface area contributed by atoms with Gasteiger partial charge in [-0.05, 0) is 19.3 Å². The minimum Gasteiger partial charge on any atom is -0.379 e. The van der Waals surface area contributed by atoms with Crippen LogP contribution in [0.2, 0.25) is 0 Å². The quantitative estimate of drug-likeness (QED) is 0.229. The zero-order chi connectivity index (χ0) is 15.6. The minimum absolute atomic E-state index is 0. The van der Waals surface area contributed by atoms with Gasteiger partial charge in [-0.15, -0.1) is 24.0 Å². The van der Waals surface area contributed by atoms with Crippen LogP contribution >= 0.6 is 24.0 Å². The largest absolute Gasteiger partial charge is 0.379 e. The molecule has 1 aliphatic heterocycles. The van der Waals surface area contributed by atoms with E-state index in [4.69, 9.17) is 9.47 Å². The number of nitrogens with one attached hydrogen (secondary N) is 2. The Bertz CT molecular complexity index is 412. The first kappa shape index (κ1) is 21.9. The molecule has 0 spiro atoms. The Morgan fingerprint density at radius 2 is 2.00 bits per heavy atom.